The zero-order chi connectivity index (χ0) is 20.7. The van der Waals surface area contributed by atoms with Crippen molar-refractivity contribution >= 4 is 29.2 Å². The third-order valence-electron chi connectivity index (χ3n) is 3.76. The lowest BCUT2D eigenvalue weighted by molar-refractivity contribution is -0.137. The van der Waals surface area contributed by atoms with Gasteiger partial charge in [-0.05, 0) is 35.7 Å². The van der Waals surface area contributed by atoms with Crippen molar-refractivity contribution in [1.29, 1.82) is 0 Å². The molecule has 5 nitrogen and oxygen atoms in total. The number of halogens is 4. The summed E-state index contributed by atoms with van der Waals surface area (Å²) in [5.74, 6) is -2.12. The van der Waals surface area contributed by atoms with E-state index < -0.39 is 35.8 Å². The van der Waals surface area contributed by atoms with Crippen LogP contribution < -0.4 is 10.9 Å². The molecule has 0 aliphatic heterocycles. The average molecular weight is 413 g/mol. The molecule has 0 aromatic heterocycles. The summed E-state index contributed by atoms with van der Waals surface area (Å²) in [6.45, 7) is 0. The lowest BCUT2D eigenvalue weighted by Crippen LogP contribution is -2.42. The summed E-state index contributed by atoms with van der Waals surface area (Å²) in [5.41, 5.74) is 4.96. The molecule has 0 unspecified atom stereocenters. The first-order valence-corrected chi connectivity index (χ1v) is 8.65. The summed E-state index contributed by atoms with van der Waals surface area (Å²) < 4.78 is 38.0. The van der Waals surface area contributed by atoms with E-state index in [0.717, 1.165) is 12.1 Å². The van der Waals surface area contributed by atoms with Gasteiger partial charge in [-0.2, -0.15) is 13.2 Å². The highest BCUT2D eigenvalue weighted by Crippen LogP contribution is 2.29. The second kappa shape index (κ2) is 9.36. The monoisotopic (exact) mass is 412 g/mol. The lowest BCUT2D eigenvalue weighted by Gasteiger charge is -2.12. The summed E-state index contributed by atoms with van der Waals surface area (Å²) >= 11 is 5.31. The Morgan fingerprint density at radius 1 is 0.929 bits per heavy atom. The van der Waals surface area contributed by atoms with Crippen LogP contribution in [0.25, 0.3) is 0 Å². The number of carbonyl (C=O) groups excluding carboxylic acids is 3. The first kappa shape index (κ1) is 21.4. The Balaban J connectivity index is 2.07. The number of alkyl halides is 4. The van der Waals surface area contributed by atoms with Crippen molar-refractivity contribution in [3.8, 4) is 0 Å². The maximum atomic E-state index is 12.7. The number of ketones is 1. The number of Topliss-reactive ketones (excluding diaryl/α,β-unsaturated/α-hetero) is 1. The number of nitrogens with one attached hydrogen (secondary N) is 2. The van der Waals surface area contributed by atoms with Crippen LogP contribution in [0.3, 0.4) is 0 Å². The van der Waals surface area contributed by atoms with E-state index in [1.54, 1.807) is 18.2 Å². The number of hydrogen-bond donors (Lipinski definition) is 2. The van der Waals surface area contributed by atoms with Gasteiger partial charge in [0.25, 0.3) is 5.91 Å². The number of hydrazine groups is 1. The first-order chi connectivity index (χ1) is 13.2. The Hall–Kier alpha value is -2.87. The standard InChI is InChI=1S/C19H16ClF3N2O3/c20-11-15(26)10-17(27)24-25-18(28)16-4-2-1-3-13(16)9-12-5-7-14(8-6-12)19(21,22)23/h1-8H,9-11H2,(H,24,27)(H,25,28). The predicted octanol–water partition coefficient (Wildman–Crippen LogP) is 3.26. The molecule has 28 heavy (non-hydrogen) atoms. The minimum atomic E-state index is -4.42. The minimum absolute atomic E-state index is 0.223. The summed E-state index contributed by atoms with van der Waals surface area (Å²) in [5, 5.41) is 0. The van der Waals surface area contributed by atoms with Crippen molar-refractivity contribution in [2.24, 2.45) is 0 Å². The molecule has 2 amide bonds. The van der Waals surface area contributed by atoms with Crippen LogP contribution in [0.15, 0.2) is 48.5 Å². The zero-order valence-electron chi connectivity index (χ0n) is 14.5. The van der Waals surface area contributed by atoms with Crippen LogP contribution in [0.2, 0.25) is 0 Å². The Morgan fingerprint density at radius 2 is 1.57 bits per heavy atom. The van der Waals surface area contributed by atoms with Gasteiger partial charge in [-0.3, -0.25) is 25.2 Å². The van der Waals surface area contributed by atoms with E-state index in [2.05, 4.69) is 10.9 Å². The molecule has 0 aliphatic carbocycles. The molecule has 0 saturated carbocycles. The molecule has 0 atom stereocenters. The van der Waals surface area contributed by atoms with Crippen molar-refractivity contribution < 1.29 is 27.6 Å². The zero-order valence-corrected chi connectivity index (χ0v) is 15.2. The van der Waals surface area contributed by atoms with Crippen LogP contribution in [-0.4, -0.2) is 23.5 Å². The molecule has 0 spiro atoms. The second-order valence-electron chi connectivity index (χ2n) is 5.88. The van der Waals surface area contributed by atoms with Crippen molar-refractivity contribution in [3.63, 3.8) is 0 Å². The molecule has 0 saturated heterocycles. The maximum absolute atomic E-state index is 12.7. The van der Waals surface area contributed by atoms with Crippen molar-refractivity contribution in [3.05, 3.63) is 70.8 Å². The van der Waals surface area contributed by atoms with E-state index in [0.29, 0.717) is 11.1 Å². The van der Waals surface area contributed by atoms with Crippen LogP contribution in [0.4, 0.5) is 13.2 Å². The molecule has 148 valence electrons. The number of benzene rings is 2. The molecule has 9 heteroatoms. The van der Waals surface area contributed by atoms with Gasteiger partial charge in [0.05, 0.1) is 17.9 Å². The van der Waals surface area contributed by atoms with Gasteiger partial charge < -0.3 is 0 Å². The Labute approximate surface area is 163 Å². The van der Waals surface area contributed by atoms with Crippen molar-refractivity contribution in [1.82, 2.24) is 10.9 Å². The van der Waals surface area contributed by atoms with E-state index in [-0.39, 0.29) is 17.9 Å². The molecule has 0 fully saturated rings. The van der Waals surface area contributed by atoms with Crippen LogP contribution in [0, 0.1) is 0 Å². The topological polar surface area (TPSA) is 75.3 Å². The van der Waals surface area contributed by atoms with Gasteiger partial charge in [0, 0.05) is 5.56 Å². The third-order valence-corrected chi connectivity index (χ3v) is 4.06. The van der Waals surface area contributed by atoms with Gasteiger partial charge in [0.1, 0.15) is 0 Å². The Morgan fingerprint density at radius 3 is 2.18 bits per heavy atom. The van der Waals surface area contributed by atoms with Gasteiger partial charge in [0.15, 0.2) is 5.78 Å². The highest BCUT2D eigenvalue weighted by Gasteiger charge is 2.29. The van der Waals surface area contributed by atoms with Crippen LogP contribution in [0.5, 0.6) is 0 Å². The maximum Gasteiger partial charge on any atom is 0.416 e. The van der Waals surface area contributed by atoms with Crippen LogP contribution >= 0.6 is 11.6 Å². The summed E-state index contributed by atoms with van der Waals surface area (Å²) in [7, 11) is 0. The molecule has 2 aromatic carbocycles. The second-order valence-corrected chi connectivity index (χ2v) is 6.15. The summed E-state index contributed by atoms with van der Waals surface area (Å²) in [4.78, 5) is 35.0. The minimum Gasteiger partial charge on any atom is -0.298 e. The molecule has 2 aromatic rings. The number of hydrogen-bond acceptors (Lipinski definition) is 3. The fourth-order valence-corrected chi connectivity index (χ4v) is 2.49. The van der Waals surface area contributed by atoms with Crippen LogP contribution in [0.1, 0.15) is 33.5 Å². The van der Waals surface area contributed by atoms with E-state index >= 15 is 0 Å². The molecular weight excluding hydrogens is 397 g/mol. The highest BCUT2D eigenvalue weighted by atomic mass is 35.5. The number of carbonyl (C=O) groups is 3. The van der Waals surface area contributed by atoms with E-state index in [4.69, 9.17) is 11.6 Å². The fraction of sp³-hybridized carbons (Fsp3) is 0.211. The van der Waals surface area contributed by atoms with Gasteiger partial charge >= 0.3 is 6.18 Å². The average Bonchev–Trinajstić information content (AvgIpc) is 2.66. The molecule has 0 bridgehead atoms. The molecule has 2 rings (SSSR count). The summed E-state index contributed by atoms with van der Waals surface area (Å²) in [6, 6.07) is 11.1. The Kier molecular flexibility index (Phi) is 7.17. The fourth-order valence-electron chi connectivity index (χ4n) is 2.39. The largest absolute Gasteiger partial charge is 0.416 e. The smallest absolute Gasteiger partial charge is 0.298 e. The van der Waals surface area contributed by atoms with E-state index in [1.165, 1.54) is 18.2 Å². The van der Waals surface area contributed by atoms with Crippen molar-refractivity contribution in [2.45, 2.75) is 19.0 Å². The van der Waals surface area contributed by atoms with Gasteiger partial charge in [-0.25, -0.2) is 0 Å². The highest BCUT2D eigenvalue weighted by molar-refractivity contribution is 6.29. The normalized spacial score (nSPS) is 11.0. The van der Waals surface area contributed by atoms with E-state index in [1.807, 2.05) is 0 Å². The molecule has 0 aliphatic rings. The number of amides is 2. The lowest BCUT2D eigenvalue weighted by atomic mass is 9.98. The van der Waals surface area contributed by atoms with Crippen molar-refractivity contribution in [2.75, 3.05) is 5.88 Å². The number of rotatable bonds is 6. The first-order valence-electron chi connectivity index (χ1n) is 8.11. The third kappa shape index (κ3) is 6.09. The molecule has 0 radical (unpaired) electrons. The predicted molar refractivity (Wildman–Crippen MR) is 96.6 cm³/mol. The molecule has 0 heterocycles. The summed E-state index contributed by atoms with van der Waals surface area (Å²) in [6.07, 6.45) is -4.66. The van der Waals surface area contributed by atoms with E-state index in [9.17, 15) is 27.6 Å². The van der Waals surface area contributed by atoms with Gasteiger partial charge in [-0.1, -0.05) is 30.3 Å². The van der Waals surface area contributed by atoms with Crippen LogP contribution in [-0.2, 0) is 22.2 Å². The van der Waals surface area contributed by atoms with Gasteiger partial charge in [0.2, 0.25) is 5.91 Å². The van der Waals surface area contributed by atoms with Gasteiger partial charge in [-0.15, -0.1) is 11.6 Å². The molecular formula is C19H16ClF3N2O3. The molecule has 2 N–H and O–H groups in total. The quantitative estimate of drug-likeness (QED) is 0.434. The Bertz CT molecular complexity index is 867. The SMILES string of the molecule is O=C(CCl)CC(=O)NNC(=O)c1ccccc1Cc1ccc(C(F)(F)F)cc1.